The molecule has 0 aliphatic heterocycles. The maximum Gasteiger partial charge on any atom is 0.411 e. The molecule has 0 atom stereocenters. The number of pyridine rings is 1. The van der Waals surface area contributed by atoms with Crippen LogP contribution in [0.3, 0.4) is 0 Å². The Balaban J connectivity index is 1.94. The van der Waals surface area contributed by atoms with Crippen LogP contribution in [0.1, 0.15) is 9.75 Å². The van der Waals surface area contributed by atoms with Crippen LogP contribution in [0.5, 0.6) is 0 Å². The lowest BCUT2D eigenvalue weighted by Crippen LogP contribution is -2.10. The number of rotatable bonds is 2. The number of nitrogens with two attached hydrogens (primary N) is 1. The van der Waals surface area contributed by atoms with E-state index in [-0.39, 0.29) is 0 Å². The van der Waals surface area contributed by atoms with Crippen molar-refractivity contribution in [3.05, 3.63) is 46.3 Å². The van der Waals surface area contributed by atoms with E-state index in [2.05, 4.69) is 30.0 Å². The monoisotopic (exact) mass is 366 g/mol. The number of amides is 1. The zero-order valence-electron chi connectivity index (χ0n) is 14.7. The summed E-state index contributed by atoms with van der Waals surface area (Å²) in [6.45, 7) is 4.15. The second kappa shape index (κ2) is 6.03. The second-order valence-corrected chi connectivity index (χ2v) is 7.56. The quantitative estimate of drug-likeness (QED) is 0.543. The van der Waals surface area contributed by atoms with E-state index in [4.69, 9.17) is 10.7 Å². The van der Waals surface area contributed by atoms with Crippen LogP contribution in [-0.4, -0.2) is 22.6 Å². The molecule has 1 aromatic carbocycles. The molecule has 0 fully saturated rings. The van der Waals surface area contributed by atoms with Gasteiger partial charge < -0.3 is 10.5 Å². The van der Waals surface area contributed by atoms with E-state index < -0.39 is 6.09 Å². The van der Waals surface area contributed by atoms with Gasteiger partial charge in [-0.3, -0.25) is 9.72 Å². The Morgan fingerprint density at radius 1 is 1.27 bits per heavy atom. The molecular weight excluding hydrogens is 348 g/mol. The van der Waals surface area contributed by atoms with E-state index in [0.29, 0.717) is 11.5 Å². The summed E-state index contributed by atoms with van der Waals surface area (Å²) in [7, 11) is 1.33. The number of nitrogens with zero attached hydrogens (tertiary/aromatic N) is 2. The molecule has 0 unspecified atom stereocenters. The number of nitrogens with one attached hydrogen (secondary N) is 1. The number of thiophene rings is 1. The summed E-state index contributed by atoms with van der Waals surface area (Å²) in [4.78, 5) is 18.7. The van der Waals surface area contributed by atoms with Gasteiger partial charge in [-0.05, 0) is 43.5 Å². The summed E-state index contributed by atoms with van der Waals surface area (Å²) in [5.74, 6) is 0.606. The van der Waals surface area contributed by atoms with Crippen LogP contribution >= 0.6 is 11.3 Å². The molecule has 3 aromatic heterocycles. The Labute approximate surface area is 154 Å². The first-order chi connectivity index (χ1) is 12.5. The lowest BCUT2D eigenvalue weighted by Gasteiger charge is -2.06. The van der Waals surface area contributed by atoms with Crippen molar-refractivity contribution in [2.75, 3.05) is 18.2 Å². The Bertz CT molecular complexity index is 1160. The van der Waals surface area contributed by atoms with Crippen LogP contribution in [0, 0.1) is 13.8 Å². The Morgan fingerprint density at radius 2 is 2.08 bits per heavy atom. The smallest absolute Gasteiger partial charge is 0.411 e. The number of carbonyl (C=O) groups excluding carboxylic acids is 1. The van der Waals surface area contributed by atoms with Crippen molar-refractivity contribution < 1.29 is 9.53 Å². The van der Waals surface area contributed by atoms with E-state index in [1.165, 1.54) is 16.9 Å². The first-order valence-electron chi connectivity index (χ1n) is 8.10. The normalized spacial score (nSPS) is 11.2. The van der Waals surface area contributed by atoms with Gasteiger partial charge in [-0.1, -0.05) is 6.07 Å². The minimum absolute atomic E-state index is 0.510. The molecule has 0 saturated carbocycles. The molecule has 132 valence electrons. The van der Waals surface area contributed by atoms with E-state index >= 15 is 0 Å². The van der Waals surface area contributed by atoms with E-state index in [9.17, 15) is 4.79 Å². The highest BCUT2D eigenvalue weighted by atomic mass is 32.1. The number of benzene rings is 1. The van der Waals surface area contributed by atoms with Gasteiger partial charge in [0.25, 0.3) is 0 Å². The maximum atomic E-state index is 11.5. The summed E-state index contributed by atoms with van der Waals surface area (Å²) in [5.41, 5.74) is 9.64. The molecule has 3 N–H and O–H groups in total. The molecule has 0 saturated heterocycles. The highest BCUT2D eigenvalue weighted by Gasteiger charge is 2.17. The minimum Gasteiger partial charge on any atom is -0.453 e. The Morgan fingerprint density at radius 3 is 2.77 bits per heavy atom. The highest BCUT2D eigenvalue weighted by Crippen LogP contribution is 2.35. The van der Waals surface area contributed by atoms with Gasteiger partial charge in [-0.2, -0.15) is 0 Å². The topological polar surface area (TPSA) is 81.6 Å². The summed E-state index contributed by atoms with van der Waals surface area (Å²) in [6, 6.07) is 9.74. The van der Waals surface area contributed by atoms with E-state index in [1.54, 1.807) is 11.3 Å². The van der Waals surface area contributed by atoms with Crippen molar-refractivity contribution in [1.29, 1.82) is 0 Å². The lowest BCUT2D eigenvalue weighted by atomic mass is 10.1. The number of hydrogen-bond acceptors (Lipinski definition) is 5. The Hall–Kier alpha value is -3.06. The molecular formula is C19H18N4O2S. The third-order valence-corrected chi connectivity index (χ3v) is 5.34. The Kier molecular flexibility index (Phi) is 3.81. The SMILES string of the molecule is COC(=O)Nc1ccc2ccn3c(N)c(-c4cc(C)sc4C)nc3c2c1. The van der Waals surface area contributed by atoms with Gasteiger partial charge in [0.15, 0.2) is 0 Å². The van der Waals surface area contributed by atoms with E-state index in [1.807, 2.05) is 34.9 Å². The number of methoxy groups -OCH3 is 1. The summed E-state index contributed by atoms with van der Waals surface area (Å²) in [5, 5.41) is 4.61. The molecule has 0 bridgehead atoms. The number of aromatic nitrogens is 2. The molecule has 0 spiro atoms. The standard InChI is InChI=1S/C19H18N4O2S/c1-10-8-14(11(2)26-10)16-17(20)23-7-6-12-4-5-13(21-19(24)25-3)9-15(12)18(23)22-16/h4-9H,20H2,1-3H3,(H,21,24). The summed E-state index contributed by atoms with van der Waals surface area (Å²) >= 11 is 1.73. The van der Waals surface area contributed by atoms with Gasteiger partial charge in [-0.15, -0.1) is 11.3 Å². The molecule has 4 rings (SSSR count). The van der Waals surface area contributed by atoms with Crippen LogP contribution in [-0.2, 0) is 4.74 Å². The van der Waals surface area contributed by atoms with Crippen molar-refractivity contribution in [2.24, 2.45) is 0 Å². The van der Waals surface area contributed by atoms with Gasteiger partial charge in [0, 0.05) is 32.6 Å². The third-order valence-electron chi connectivity index (χ3n) is 4.37. The number of imidazole rings is 1. The van der Waals surface area contributed by atoms with Crippen LogP contribution in [0.4, 0.5) is 16.3 Å². The molecule has 1 amide bonds. The first-order valence-corrected chi connectivity index (χ1v) is 8.92. The molecule has 0 aliphatic carbocycles. The van der Waals surface area contributed by atoms with Crippen molar-refractivity contribution in [3.63, 3.8) is 0 Å². The van der Waals surface area contributed by atoms with Gasteiger partial charge in [0.1, 0.15) is 17.2 Å². The van der Waals surface area contributed by atoms with Crippen molar-refractivity contribution in [3.8, 4) is 11.3 Å². The van der Waals surface area contributed by atoms with Crippen molar-refractivity contribution in [1.82, 2.24) is 9.38 Å². The van der Waals surface area contributed by atoms with Gasteiger partial charge in [0.2, 0.25) is 0 Å². The second-order valence-electron chi connectivity index (χ2n) is 6.10. The molecule has 4 aromatic rings. The number of anilines is 2. The minimum atomic E-state index is -0.510. The maximum absolute atomic E-state index is 11.5. The van der Waals surface area contributed by atoms with Gasteiger partial charge in [-0.25, -0.2) is 9.78 Å². The van der Waals surface area contributed by atoms with Gasteiger partial charge in [0.05, 0.1) is 7.11 Å². The fourth-order valence-electron chi connectivity index (χ4n) is 3.15. The lowest BCUT2D eigenvalue weighted by molar-refractivity contribution is 0.187. The van der Waals surface area contributed by atoms with Crippen LogP contribution < -0.4 is 11.1 Å². The van der Waals surface area contributed by atoms with E-state index in [0.717, 1.165) is 27.7 Å². The van der Waals surface area contributed by atoms with Crippen molar-refractivity contribution >= 4 is 45.4 Å². The average molecular weight is 366 g/mol. The zero-order chi connectivity index (χ0) is 18.4. The van der Waals surface area contributed by atoms with Crippen LogP contribution in [0.15, 0.2) is 36.5 Å². The predicted octanol–water partition coefficient (Wildman–Crippen LogP) is 4.59. The number of hydrogen-bond donors (Lipinski definition) is 2. The molecule has 26 heavy (non-hydrogen) atoms. The third kappa shape index (κ3) is 2.57. The van der Waals surface area contributed by atoms with Crippen molar-refractivity contribution in [2.45, 2.75) is 13.8 Å². The number of fused-ring (bicyclic) bond motifs is 3. The largest absolute Gasteiger partial charge is 0.453 e. The van der Waals surface area contributed by atoms with Crippen LogP contribution in [0.25, 0.3) is 27.7 Å². The number of carbonyl (C=O) groups is 1. The summed E-state index contributed by atoms with van der Waals surface area (Å²) in [6.07, 6.45) is 1.41. The fraction of sp³-hybridized carbons (Fsp3) is 0.158. The molecule has 6 nitrogen and oxygen atoms in total. The first kappa shape index (κ1) is 16.4. The predicted molar refractivity (Wildman–Crippen MR) is 106 cm³/mol. The molecule has 0 radical (unpaired) electrons. The molecule has 3 heterocycles. The van der Waals surface area contributed by atoms with Crippen LogP contribution in [0.2, 0.25) is 0 Å². The molecule has 7 heteroatoms. The zero-order valence-corrected chi connectivity index (χ0v) is 15.5. The average Bonchev–Trinajstić information content (AvgIpc) is 3.13. The fourth-order valence-corrected chi connectivity index (χ4v) is 4.07. The number of aryl methyl sites for hydroxylation is 2. The number of nitrogen functional groups attached to an aromatic ring is 1. The molecule has 0 aliphatic rings. The highest BCUT2D eigenvalue weighted by molar-refractivity contribution is 7.12. The number of ether oxygens (including phenoxy) is 1. The van der Waals surface area contributed by atoms with Gasteiger partial charge >= 0.3 is 6.09 Å². The summed E-state index contributed by atoms with van der Waals surface area (Å²) < 4.78 is 6.54.